The van der Waals surface area contributed by atoms with Crippen LogP contribution >= 0.6 is 0 Å². The van der Waals surface area contributed by atoms with Crippen molar-refractivity contribution in [2.45, 2.75) is 70.4 Å². The van der Waals surface area contributed by atoms with Crippen LogP contribution in [-0.2, 0) is 6.18 Å². The molecular weight excluding hydrogens is 459 g/mol. The van der Waals surface area contributed by atoms with E-state index in [1.54, 1.807) is 12.1 Å². The van der Waals surface area contributed by atoms with Crippen molar-refractivity contribution >= 4 is 11.6 Å². The third-order valence-corrected chi connectivity index (χ3v) is 7.37. The number of carbonyl (C=O) groups excluding carboxylic acids is 1. The highest BCUT2D eigenvalue weighted by Crippen LogP contribution is 2.38. The Kier molecular flexibility index (Phi) is 8.50. The smallest absolute Gasteiger partial charge is 0.322 e. The van der Waals surface area contributed by atoms with Crippen molar-refractivity contribution in [1.29, 1.82) is 0 Å². The zero-order chi connectivity index (χ0) is 25.5. The summed E-state index contributed by atoms with van der Waals surface area (Å²) in [6.45, 7) is 2.26. The third kappa shape index (κ3) is 6.77. The van der Waals surface area contributed by atoms with E-state index >= 15 is 0 Å². The van der Waals surface area contributed by atoms with Gasteiger partial charge in [0.05, 0.1) is 5.56 Å². The van der Waals surface area contributed by atoms with Crippen LogP contribution in [0, 0.1) is 5.92 Å². The molecule has 1 amide bonds. The molecule has 0 spiro atoms. The number of benzene rings is 3. The van der Waals surface area contributed by atoms with Crippen LogP contribution in [0.4, 0.5) is 18.9 Å². The molecule has 2 nitrogen and oxygen atoms in total. The maximum Gasteiger partial charge on any atom is 0.416 e. The van der Waals surface area contributed by atoms with Crippen LogP contribution in [0.25, 0.3) is 11.1 Å². The van der Waals surface area contributed by atoms with Gasteiger partial charge in [0.1, 0.15) is 0 Å². The predicted molar refractivity (Wildman–Crippen MR) is 140 cm³/mol. The van der Waals surface area contributed by atoms with E-state index in [0.29, 0.717) is 11.5 Å². The van der Waals surface area contributed by atoms with Crippen molar-refractivity contribution in [3.63, 3.8) is 0 Å². The van der Waals surface area contributed by atoms with Gasteiger partial charge in [0.2, 0.25) is 0 Å². The SMILES string of the molecule is CCCCCC1CCC(c2ccc(-c3ccc(C(=O)Nc4cccc(C(F)(F)F)c4)cc3)cc2)CC1. The van der Waals surface area contributed by atoms with E-state index in [-0.39, 0.29) is 5.69 Å². The van der Waals surface area contributed by atoms with Crippen molar-refractivity contribution in [2.75, 3.05) is 5.32 Å². The van der Waals surface area contributed by atoms with Crippen molar-refractivity contribution < 1.29 is 18.0 Å². The summed E-state index contributed by atoms with van der Waals surface area (Å²) in [4.78, 5) is 12.5. The van der Waals surface area contributed by atoms with Gasteiger partial charge in [-0.05, 0) is 84.5 Å². The summed E-state index contributed by atoms with van der Waals surface area (Å²) in [5.41, 5.74) is 3.20. The van der Waals surface area contributed by atoms with Crippen molar-refractivity contribution in [3.05, 3.63) is 89.5 Å². The van der Waals surface area contributed by atoms with E-state index in [1.807, 2.05) is 12.1 Å². The molecule has 0 aliphatic heterocycles. The molecule has 0 unspecified atom stereocenters. The van der Waals surface area contributed by atoms with E-state index in [4.69, 9.17) is 0 Å². The molecule has 0 aromatic heterocycles. The topological polar surface area (TPSA) is 29.1 Å². The molecule has 0 atom stereocenters. The second kappa shape index (κ2) is 11.8. The van der Waals surface area contributed by atoms with Gasteiger partial charge >= 0.3 is 6.18 Å². The lowest BCUT2D eigenvalue weighted by Gasteiger charge is -2.29. The number of carbonyl (C=O) groups is 1. The molecule has 1 saturated carbocycles. The molecule has 0 radical (unpaired) electrons. The van der Waals surface area contributed by atoms with E-state index < -0.39 is 17.6 Å². The molecule has 1 N–H and O–H groups in total. The molecule has 0 bridgehead atoms. The lowest BCUT2D eigenvalue weighted by atomic mass is 9.77. The van der Waals surface area contributed by atoms with Crippen LogP contribution in [0.1, 0.15) is 85.7 Å². The van der Waals surface area contributed by atoms with Gasteiger partial charge in [0.25, 0.3) is 5.91 Å². The van der Waals surface area contributed by atoms with Crippen LogP contribution in [0.5, 0.6) is 0 Å². The standard InChI is InChI=1S/C31H34F3NO/c1-2-3-4-6-22-9-11-23(12-10-22)24-13-15-25(16-14-24)26-17-19-27(20-18-26)30(36)35-29-8-5-7-28(21-29)31(32,33)34/h5,7-8,13-23H,2-4,6,9-12H2,1H3,(H,35,36). The number of nitrogens with one attached hydrogen (secondary N) is 1. The van der Waals surface area contributed by atoms with Gasteiger partial charge in [-0.3, -0.25) is 4.79 Å². The minimum atomic E-state index is -4.45. The van der Waals surface area contributed by atoms with Crippen molar-refractivity contribution in [1.82, 2.24) is 0 Å². The first-order chi connectivity index (χ1) is 17.3. The van der Waals surface area contributed by atoms with Gasteiger partial charge in [0, 0.05) is 11.3 Å². The molecule has 190 valence electrons. The van der Waals surface area contributed by atoms with Crippen LogP contribution in [0.3, 0.4) is 0 Å². The Hall–Kier alpha value is -3.08. The molecule has 1 aliphatic rings. The Labute approximate surface area is 211 Å². The maximum absolute atomic E-state index is 12.9. The van der Waals surface area contributed by atoms with Crippen molar-refractivity contribution in [3.8, 4) is 11.1 Å². The highest BCUT2D eigenvalue weighted by molar-refractivity contribution is 6.04. The number of halogens is 3. The molecule has 3 aromatic carbocycles. The molecule has 0 saturated heterocycles. The van der Waals surface area contributed by atoms with Gasteiger partial charge in [-0.25, -0.2) is 0 Å². The number of anilines is 1. The highest BCUT2D eigenvalue weighted by Gasteiger charge is 2.30. The largest absolute Gasteiger partial charge is 0.416 e. The molecular formula is C31H34F3NO. The summed E-state index contributed by atoms with van der Waals surface area (Å²) in [7, 11) is 0. The first-order valence-corrected chi connectivity index (χ1v) is 13.0. The molecule has 0 heterocycles. The fraction of sp³-hybridized carbons (Fsp3) is 0.387. The lowest BCUT2D eigenvalue weighted by Crippen LogP contribution is -2.13. The van der Waals surface area contributed by atoms with Crippen LogP contribution in [-0.4, -0.2) is 5.91 Å². The Morgan fingerprint density at radius 3 is 2.11 bits per heavy atom. The number of hydrogen-bond acceptors (Lipinski definition) is 1. The molecule has 1 aliphatic carbocycles. The molecule has 36 heavy (non-hydrogen) atoms. The van der Waals surface area contributed by atoms with Crippen LogP contribution in [0.2, 0.25) is 0 Å². The molecule has 3 aromatic rings. The highest BCUT2D eigenvalue weighted by atomic mass is 19.4. The molecule has 1 fully saturated rings. The van der Waals surface area contributed by atoms with Gasteiger partial charge in [-0.2, -0.15) is 13.2 Å². The van der Waals surface area contributed by atoms with Gasteiger partial charge in [0.15, 0.2) is 0 Å². The minimum Gasteiger partial charge on any atom is -0.322 e. The summed E-state index contributed by atoms with van der Waals surface area (Å²) in [6, 6.07) is 20.5. The Balaban J connectivity index is 1.34. The maximum atomic E-state index is 12.9. The third-order valence-electron chi connectivity index (χ3n) is 7.37. The number of hydrogen-bond donors (Lipinski definition) is 1. The number of amides is 1. The Morgan fingerprint density at radius 1 is 0.861 bits per heavy atom. The average Bonchev–Trinajstić information content (AvgIpc) is 2.89. The van der Waals surface area contributed by atoms with Gasteiger partial charge < -0.3 is 5.32 Å². The fourth-order valence-corrected chi connectivity index (χ4v) is 5.21. The number of alkyl halides is 3. The molecule has 4 rings (SSSR count). The van der Waals surface area contributed by atoms with Crippen LogP contribution < -0.4 is 5.32 Å². The summed E-state index contributed by atoms with van der Waals surface area (Å²) < 4.78 is 38.8. The van der Waals surface area contributed by atoms with E-state index in [0.717, 1.165) is 29.2 Å². The number of rotatable bonds is 8. The second-order valence-corrected chi connectivity index (χ2v) is 9.95. The summed E-state index contributed by atoms with van der Waals surface area (Å²) in [5.74, 6) is 1.10. The summed E-state index contributed by atoms with van der Waals surface area (Å²) >= 11 is 0. The van der Waals surface area contributed by atoms with E-state index in [9.17, 15) is 18.0 Å². The van der Waals surface area contributed by atoms with Gasteiger partial charge in [-0.15, -0.1) is 0 Å². The predicted octanol–water partition coefficient (Wildman–Crippen LogP) is 9.48. The molecule has 5 heteroatoms. The zero-order valence-electron chi connectivity index (χ0n) is 20.8. The minimum absolute atomic E-state index is 0.115. The first-order valence-electron chi connectivity index (χ1n) is 13.0. The average molecular weight is 494 g/mol. The quantitative estimate of drug-likeness (QED) is 0.311. The normalized spacial score (nSPS) is 18.1. The second-order valence-electron chi connectivity index (χ2n) is 9.95. The number of unbranched alkanes of at least 4 members (excludes halogenated alkanes) is 2. The van der Waals surface area contributed by atoms with Gasteiger partial charge in [-0.1, -0.05) is 75.1 Å². The van der Waals surface area contributed by atoms with E-state index in [1.165, 1.54) is 69.1 Å². The summed E-state index contributed by atoms with van der Waals surface area (Å²) in [6.07, 6.45) is 6.14. The zero-order valence-corrected chi connectivity index (χ0v) is 20.8. The van der Waals surface area contributed by atoms with E-state index in [2.05, 4.69) is 36.5 Å². The first kappa shape index (κ1) is 26.0. The Morgan fingerprint density at radius 2 is 1.50 bits per heavy atom. The van der Waals surface area contributed by atoms with Crippen molar-refractivity contribution in [2.24, 2.45) is 5.92 Å². The fourth-order valence-electron chi connectivity index (χ4n) is 5.21. The summed E-state index contributed by atoms with van der Waals surface area (Å²) in [5, 5.41) is 2.55. The van der Waals surface area contributed by atoms with Crippen LogP contribution in [0.15, 0.2) is 72.8 Å². The lowest BCUT2D eigenvalue weighted by molar-refractivity contribution is -0.137. The monoisotopic (exact) mass is 493 g/mol. The Bertz CT molecular complexity index is 1130.